The van der Waals surface area contributed by atoms with Crippen LogP contribution in [0.3, 0.4) is 0 Å². The van der Waals surface area contributed by atoms with Gasteiger partial charge in [-0.3, -0.25) is 0 Å². The standard InChI is InChI=1S/C16H20N4S2/c1-11-5-6-12(2)19(11)17-15-16(22-10-9-21-15)18-20-13(3)7-8-14(20)4/h5-8H,9-10H2,1-4H3/b17-15-,18-16-. The average molecular weight is 332 g/mol. The minimum atomic E-state index is 1.01. The van der Waals surface area contributed by atoms with E-state index in [1.807, 2.05) is 9.35 Å². The molecule has 0 N–H and O–H groups in total. The second kappa shape index (κ2) is 6.38. The molecule has 1 fully saturated rings. The Kier molecular flexibility index (Phi) is 4.49. The van der Waals surface area contributed by atoms with Crippen LogP contribution in [-0.2, 0) is 0 Å². The van der Waals surface area contributed by atoms with Gasteiger partial charge in [0.15, 0.2) is 10.1 Å². The molecule has 3 rings (SSSR count). The number of rotatable bonds is 2. The van der Waals surface area contributed by atoms with E-state index in [0.717, 1.165) is 44.4 Å². The van der Waals surface area contributed by atoms with Crippen LogP contribution in [0, 0.1) is 27.7 Å². The summed E-state index contributed by atoms with van der Waals surface area (Å²) in [6.45, 7) is 8.31. The fourth-order valence-corrected chi connectivity index (χ4v) is 4.38. The van der Waals surface area contributed by atoms with Crippen LogP contribution in [0.1, 0.15) is 22.8 Å². The van der Waals surface area contributed by atoms with E-state index in [4.69, 9.17) is 10.2 Å². The van der Waals surface area contributed by atoms with Gasteiger partial charge in [-0.2, -0.15) is 10.2 Å². The summed E-state index contributed by atoms with van der Waals surface area (Å²) < 4.78 is 4.00. The van der Waals surface area contributed by atoms with Crippen molar-refractivity contribution in [2.24, 2.45) is 10.2 Å². The number of nitrogens with zero attached hydrogens (tertiary/aromatic N) is 4. The van der Waals surface area contributed by atoms with E-state index in [2.05, 4.69) is 52.0 Å². The van der Waals surface area contributed by atoms with Gasteiger partial charge in [0.25, 0.3) is 0 Å². The van der Waals surface area contributed by atoms with Gasteiger partial charge in [-0.15, -0.1) is 23.5 Å². The van der Waals surface area contributed by atoms with Crippen molar-refractivity contribution in [1.82, 2.24) is 9.35 Å². The molecule has 0 atom stereocenters. The second-order valence-corrected chi connectivity index (χ2v) is 7.53. The quantitative estimate of drug-likeness (QED) is 0.832. The van der Waals surface area contributed by atoms with Gasteiger partial charge in [-0.1, -0.05) is 0 Å². The molecule has 3 heterocycles. The molecule has 1 saturated heterocycles. The van der Waals surface area contributed by atoms with Crippen molar-refractivity contribution in [3.8, 4) is 0 Å². The minimum absolute atomic E-state index is 1.01. The Morgan fingerprint density at radius 2 is 1.00 bits per heavy atom. The molecular formula is C16H20N4S2. The maximum Gasteiger partial charge on any atom is 0.151 e. The molecule has 0 radical (unpaired) electrons. The highest BCUT2D eigenvalue weighted by molar-refractivity contribution is 8.27. The molecule has 116 valence electrons. The van der Waals surface area contributed by atoms with E-state index < -0.39 is 0 Å². The van der Waals surface area contributed by atoms with Crippen molar-refractivity contribution in [1.29, 1.82) is 0 Å². The minimum Gasteiger partial charge on any atom is -0.241 e. The third-order valence-corrected chi connectivity index (χ3v) is 5.89. The number of hydrogen-bond donors (Lipinski definition) is 0. The van der Waals surface area contributed by atoms with Crippen molar-refractivity contribution in [3.05, 3.63) is 47.0 Å². The summed E-state index contributed by atoms with van der Waals surface area (Å²) in [5.41, 5.74) is 4.59. The SMILES string of the molecule is Cc1ccc(C)n1/N=C1\SCCS\C1=N/n1c(C)ccc1C. The summed E-state index contributed by atoms with van der Waals surface area (Å²) in [6.07, 6.45) is 0. The average Bonchev–Trinajstić information content (AvgIpc) is 2.99. The number of aromatic nitrogens is 2. The molecule has 0 amide bonds. The van der Waals surface area contributed by atoms with E-state index in [0.29, 0.717) is 0 Å². The Labute approximate surface area is 139 Å². The molecule has 0 spiro atoms. The van der Waals surface area contributed by atoms with Gasteiger partial charge in [0, 0.05) is 34.3 Å². The third kappa shape index (κ3) is 3.03. The Hall–Kier alpha value is -1.40. The molecule has 0 unspecified atom stereocenters. The predicted octanol–water partition coefficient (Wildman–Crippen LogP) is 4.03. The third-order valence-electron chi connectivity index (χ3n) is 3.59. The van der Waals surface area contributed by atoms with E-state index in [-0.39, 0.29) is 0 Å². The van der Waals surface area contributed by atoms with Crippen LogP contribution in [0.25, 0.3) is 0 Å². The van der Waals surface area contributed by atoms with Crippen LogP contribution in [-0.4, -0.2) is 30.9 Å². The molecule has 2 aromatic heterocycles. The van der Waals surface area contributed by atoms with Gasteiger partial charge in [0.05, 0.1) is 0 Å². The molecule has 6 heteroatoms. The lowest BCUT2D eigenvalue weighted by Gasteiger charge is -2.16. The maximum absolute atomic E-state index is 4.83. The van der Waals surface area contributed by atoms with Gasteiger partial charge in [0.1, 0.15) is 0 Å². The Morgan fingerprint density at radius 3 is 1.32 bits per heavy atom. The first-order valence-electron chi connectivity index (χ1n) is 7.30. The molecular weight excluding hydrogens is 312 g/mol. The fourth-order valence-electron chi connectivity index (χ4n) is 2.36. The lowest BCUT2D eigenvalue weighted by Crippen LogP contribution is -2.18. The second-order valence-electron chi connectivity index (χ2n) is 5.36. The van der Waals surface area contributed by atoms with E-state index in [9.17, 15) is 0 Å². The zero-order valence-corrected chi connectivity index (χ0v) is 15.0. The van der Waals surface area contributed by atoms with Crippen molar-refractivity contribution in [2.45, 2.75) is 27.7 Å². The Bertz CT molecular complexity index is 649. The van der Waals surface area contributed by atoms with Crippen molar-refractivity contribution in [3.63, 3.8) is 0 Å². The van der Waals surface area contributed by atoms with Gasteiger partial charge in [0.2, 0.25) is 0 Å². The Morgan fingerprint density at radius 1 is 0.682 bits per heavy atom. The highest BCUT2D eigenvalue weighted by atomic mass is 32.2. The van der Waals surface area contributed by atoms with Crippen LogP contribution in [0.5, 0.6) is 0 Å². The van der Waals surface area contributed by atoms with Gasteiger partial charge < -0.3 is 0 Å². The number of hydrogen-bond acceptors (Lipinski definition) is 4. The largest absolute Gasteiger partial charge is 0.241 e. The summed E-state index contributed by atoms with van der Waals surface area (Å²) in [7, 11) is 0. The first-order chi connectivity index (χ1) is 10.6. The van der Waals surface area contributed by atoms with Crippen molar-refractivity contribution >= 4 is 33.6 Å². The normalized spacial score (nSPS) is 19.3. The van der Waals surface area contributed by atoms with Crippen molar-refractivity contribution < 1.29 is 0 Å². The highest BCUT2D eigenvalue weighted by Crippen LogP contribution is 2.24. The maximum atomic E-state index is 4.83. The van der Waals surface area contributed by atoms with Crippen LogP contribution in [0.2, 0.25) is 0 Å². The van der Waals surface area contributed by atoms with E-state index >= 15 is 0 Å². The Balaban J connectivity index is 2.02. The zero-order valence-electron chi connectivity index (χ0n) is 13.3. The highest BCUT2D eigenvalue weighted by Gasteiger charge is 2.19. The lowest BCUT2D eigenvalue weighted by molar-refractivity contribution is 0.811. The molecule has 1 aliphatic heterocycles. The fraction of sp³-hybridized carbons (Fsp3) is 0.375. The van der Waals surface area contributed by atoms with Gasteiger partial charge in [-0.05, 0) is 52.0 Å². The molecule has 0 aliphatic carbocycles. The summed E-state index contributed by atoms with van der Waals surface area (Å²) in [4.78, 5) is 0. The van der Waals surface area contributed by atoms with Crippen LogP contribution in [0.15, 0.2) is 34.5 Å². The first-order valence-corrected chi connectivity index (χ1v) is 9.27. The topological polar surface area (TPSA) is 34.6 Å². The number of thioether (sulfide) groups is 2. The van der Waals surface area contributed by atoms with Crippen LogP contribution >= 0.6 is 23.5 Å². The molecule has 1 aliphatic rings. The summed E-state index contributed by atoms with van der Waals surface area (Å²) in [6, 6.07) is 8.38. The van der Waals surface area contributed by atoms with E-state index in [1.54, 1.807) is 23.5 Å². The van der Waals surface area contributed by atoms with Crippen molar-refractivity contribution in [2.75, 3.05) is 11.5 Å². The first kappa shape index (κ1) is 15.5. The zero-order chi connectivity index (χ0) is 15.7. The monoisotopic (exact) mass is 332 g/mol. The van der Waals surface area contributed by atoms with Gasteiger partial charge >= 0.3 is 0 Å². The molecule has 0 bridgehead atoms. The molecule has 2 aromatic rings. The van der Waals surface area contributed by atoms with E-state index in [1.165, 1.54) is 0 Å². The molecule has 0 saturated carbocycles. The van der Waals surface area contributed by atoms with Gasteiger partial charge in [-0.25, -0.2) is 9.35 Å². The number of aryl methyl sites for hydroxylation is 4. The molecule has 22 heavy (non-hydrogen) atoms. The molecule has 0 aromatic carbocycles. The lowest BCUT2D eigenvalue weighted by atomic mass is 10.5. The summed E-state index contributed by atoms with van der Waals surface area (Å²) in [5.74, 6) is 2.15. The van der Waals surface area contributed by atoms with Crippen LogP contribution in [0.4, 0.5) is 0 Å². The smallest absolute Gasteiger partial charge is 0.151 e. The summed E-state index contributed by atoms with van der Waals surface area (Å²) in [5, 5.41) is 11.7. The van der Waals surface area contributed by atoms with Crippen LogP contribution < -0.4 is 0 Å². The molecule has 4 nitrogen and oxygen atoms in total. The predicted molar refractivity (Wildman–Crippen MR) is 98.4 cm³/mol. The summed E-state index contributed by atoms with van der Waals surface area (Å²) >= 11 is 3.57.